The number of nitrogens with one attached hydrogen (secondary N) is 1. The van der Waals surface area contributed by atoms with Crippen LogP contribution in [-0.4, -0.2) is 22.9 Å². The van der Waals surface area contributed by atoms with Crippen LogP contribution in [0.5, 0.6) is 0 Å². The quantitative estimate of drug-likeness (QED) is 0.926. The van der Waals surface area contributed by atoms with Crippen LogP contribution < -0.4 is 5.32 Å². The molecule has 1 fully saturated rings. The molecule has 2 rings (SSSR count). The summed E-state index contributed by atoms with van der Waals surface area (Å²) in [6.07, 6.45) is 7.08. The second kappa shape index (κ2) is 5.53. The van der Waals surface area contributed by atoms with Gasteiger partial charge in [-0.25, -0.2) is 0 Å². The molecule has 1 aliphatic rings. The molecule has 0 aromatic carbocycles. The smallest absolute Gasteiger partial charge is 0.0635 e. The highest BCUT2D eigenvalue weighted by atomic mass is 79.9. The van der Waals surface area contributed by atoms with Gasteiger partial charge < -0.3 is 5.32 Å². The fourth-order valence-electron chi connectivity index (χ4n) is 2.84. The molecule has 3 nitrogen and oxygen atoms in total. The topological polar surface area (TPSA) is 29.9 Å². The van der Waals surface area contributed by atoms with E-state index in [9.17, 15) is 0 Å². The van der Waals surface area contributed by atoms with Gasteiger partial charge in [-0.1, -0.05) is 6.42 Å². The first kappa shape index (κ1) is 13.1. The normalized spacial score (nSPS) is 25.5. The minimum atomic E-state index is 0.436. The monoisotopic (exact) mass is 299 g/mol. The molecule has 0 aliphatic heterocycles. The van der Waals surface area contributed by atoms with E-state index in [0.717, 1.165) is 0 Å². The Hall–Kier alpha value is -0.350. The third kappa shape index (κ3) is 2.74. The Labute approximate surface area is 112 Å². The molecule has 0 spiro atoms. The number of rotatable bonds is 3. The summed E-state index contributed by atoms with van der Waals surface area (Å²) in [5.74, 6) is 0.639. The van der Waals surface area contributed by atoms with Crippen molar-refractivity contribution < 1.29 is 0 Å². The lowest BCUT2D eigenvalue weighted by atomic mass is 9.83. The molecule has 0 radical (unpaired) electrons. The molecule has 0 bridgehead atoms. The number of hydrogen-bond acceptors (Lipinski definition) is 2. The molecule has 1 saturated carbocycles. The fourth-order valence-corrected chi connectivity index (χ4v) is 3.44. The van der Waals surface area contributed by atoms with E-state index in [0.29, 0.717) is 18.0 Å². The van der Waals surface area contributed by atoms with Gasteiger partial charge in [0.2, 0.25) is 0 Å². The van der Waals surface area contributed by atoms with Gasteiger partial charge in [0.15, 0.2) is 0 Å². The van der Waals surface area contributed by atoms with Crippen LogP contribution in [0, 0.1) is 0 Å². The predicted octanol–water partition coefficient (Wildman–Crippen LogP) is 3.47. The van der Waals surface area contributed by atoms with Crippen LogP contribution in [0.15, 0.2) is 10.7 Å². The van der Waals surface area contributed by atoms with Crippen molar-refractivity contribution in [1.29, 1.82) is 0 Å². The van der Waals surface area contributed by atoms with Crippen molar-refractivity contribution in [2.45, 2.75) is 57.5 Å². The summed E-state index contributed by atoms with van der Waals surface area (Å²) < 4.78 is 3.35. The van der Waals surface area contributed by atoms with Crippen molar-refractivity contribution in [2.24, 2.45) is 0 Å². The third-order valence-corrected chi connectivity index (χ3v) is 4.36. The number of nitrogens with zero attached hydrogens (tertiary/aromatic N) is 2. The zero-order valence-electron chi connectivity index (χ0n) is 10.9. The molecule has 2 unspecified atom stereocenters. The first-order valence-electron chi connectivity index (χ1n) is 6.53. The van der Waals surface area contributed by atoms with Gasteiger partial charge in [0, 0.05) is 18.0 Å². The van der Waals surface area contributed by atoms with Crippen LogP contribution in [-0.2, 0) is 0 Å². The lowest BCUT2D eigenvalue weighted by molar-refractivity contribution is 0.336. The second-order valence-electron chi connectivity index (χ2n) is 5.27. The van der Waals surface area contributed by atoms with Crippen LogP contribution in [0.3, 0.4) is 0 Å². The summed E-state index contributed by atoms with van der Waals surface area (Å²) in [6, 6.07) is 1.10. The van der Waals surface area contributed by atoms with Crippen LogP contribution in [0.4, 0.5) is 0 Å². The Morgan fingerprint density at radius 2 is 2.24 bits per heavy atom. The van der Waals surface area contributed by atoms with Crippen molar-refractivity contribution in [3.8, 4) is 0 Å². The Morgan fingerprint density at radius 3 is 2.88 bits per heavy atom. The van der Waals surface area contributed by atoms with Crippen LogP contribution >= 0.6 is 15.9 Å². The Morgan fingerprint density at radius 1 is 1.47 bits per heavy atom. The van der Waals surface area contributed by atoms with E-state index in [4.69, 9.17) is 0 Å². The van der Waals surface area contributed by atoms with Gasteiger partial charge in [-0.3, -0.25) is 4.68 Å². The molecular weight excluding hydrogens is 278 g/mol. The molecule has 1 aromatic heterocycles. The largest absolute Gasteiger partial charge is 0.317 e. The summed E-state index contributed by atoms with van der Waals surface area (Å²) in [5, 5.41) is 7.91. The van der Waals surface area contributed by atoms with Crippen LogP contribution in [0.25, 0.3) is 0 Å². The summed E-state index contributed by atoms with van der Waals surface area (Å²) in [5.41, 5.74) is 1.39. The van der Waals surface area contributed by atoms with E-state index in [2.05, 4.69) is 51.9 Å². The Bertz CT molecular complexity index is 373. The van der Waals surface area contributed by atoms with Gasteiger partial charge in [-0.2, -0.15) is 5.10 Å². The molecule has 1 N–H and O–H groups in total. The summed E-state index contributed by atoms with van der Waals surface area (Å²) in [7, 11) is 2.07. The maximum absolute atomic E-state index is 4.49. The summed E-state index contributed by atoms with van der Waals surface area (Å²) >= 11 is 3.66. The fraction of sp³-hybridized carbons (Fsp3) is 0.769. The minimum Gasteiger partial charge on any atom is -0.317 e. The molecule has 1 heterocycles. The Kier molecular flexibility index (Phi) is 4.26. The first-order chi connectivity index (χ1) is 8.13. The van der Waals surface area contributed by atoms with Crippen molar-refractivity contribution in [2.75, 3.05) is 7.05 Å². The standard InChI is InChI=1S/C13H22BrN3/c1-9(2)17-13(12(14)8-16-17)10-5-4-6-11(7-10)15-3/h8-11,15H,4-7H2,1-3H3. The lowest BCUT2D eigenvalue weighted by Gasteiger charge is -2.30. The van der Waals surface area contributed by atoms with E-state index in [-0.39, 0.29) is 0 Å². The minimum absolute atomic E-state index is 0.436. The number of hydrogen-bond donors (Lipinski definition) is 1. The number of halogens is 1. The first-order valence-corrected chi connectivity index (χ1v) is 7.33. The van der Waals surface area contributed by atoms with Gasteiger partial charge in [0.05, 0.1) is 16.4 Å². The molecule has 96 valence electrons. The predicted molar refractivity (Wildman–Crippen MR) is 74.4 cm³/mol. The van der Waals surface area contributed by atoms with Crippen LogP contribution in [0.2, 0.25) is 0 Å². The number of aromatic nitrogens is 2. The average Bonchev–Trinajstić information content (AvgIpc) is 2.71. The lowest BCUT2D eigenvalue weighted by Crippen LogP contribution is -2.31. The molecule has 2 atom stereocenters. The highest BCUT2D eigenvalue weighted by Crippen LogP contribution is 2.37. The summed E-state index contributed by atoms with van der Waals surface area (Å²) in [6.45, 7) is 4.39. The maximum atomic E-state index is 4.49. The highest BCUT2D eigenvalue weighted by Gasteiger charge is 2.27. The van der Waals surface area contributed by atoms with E-state index < -0.39 is 0 Å². The van der Waals surface area contributed by atoms with E-state index in [1.54, 1.807) is 0 Å². The van der Waals surface area contributed by atoms with Crippen molar-refractivity contribution in [3.63, 3.8) is 0 Å². The molecule has 4 heteroatoms. The van der Waals surface area contributed by atoms with Gasteiger partial charge in [-0.05, 0) is 56.1 Å². The van der Waals surface area contributed by atoms with E-state index >= 15 is 0 Å². The van der Waals surface area contributed by atoms with E-state index in [1.165, 1.54) is 35.8 Å². The van der Waals surface area contributed by atoms with Crippen molar-refractivity contribution in [3.05, 3.63) is 16.4 Å². The third-order valence-electron chi connectivity index (χ3n) is 3.75. The average molecular weight is 300 g/mol. The molecular formula is C13H22BrN3. The van der Waals surface area contributed by atoms with Crippen LogP contribution in [0.1, 0.15) is 57.2 Å². The zero-order valence-corrected chi connectivity index (χ0v) is 12.5. The van der Waals surface area contributed by atoms with Gasteiger partial charge in [-0.15, -0.1) is 0 Å². The zero-order chi connectivity index (χ0) is 12.4. The SMILES string of the molecule is CNC1CCCC(c2c(Br)cnn2C(C)C)C1. The second-order valence-corrected chi connectivity index (χ2v) is 6.12. The van der Waals surface area contributed by atoms with Gasteiger partial charge >= 0.3 is 0 Å². The molecule has 1 aliphatic carbocycles. The Balaban J connectivity index is 2.23. The maximum Gasteiger partial charge on any atom is 0.0635 e. The molecule has 0 saturated heterocycles. The van der Waals surface area contributed by atoms with E-state index in [1.807, 2.05) is 6.20 Å². The molecule has 17 heavy (non-hydrogen) atoms. The van der Waals surface area contributed by atoms with Crippen molar-refractivity contribution >= 4 is 15.9 Å². The highest BCUT2D eigenvalue weighted by molar-refractivity contribution is 9.10. The van der Waals surface area contributed by atoms with Gasteiger partial charge in [0.25, 0.3) is 0 Å². The van der Waals surface area contributed by atoms with Crippen molar-refractivity contribution in [1.82, 2.24) is 15.1 Å². The van der Waals surface area contributed by atoms with Gasteiger partial charge in [0.1, 0.15) is 0 Å². The summed E-state index contributed by atoms with van der Waals surface area (Å²) in [4.78, 5) is 0. The molecule has 1 aromatic rings. The molecule has 0 amide bonds.